The van der Waals surface area contributed by atoms with Crippen LogP contribution in [0.3, 0.4) is 0 Å². The molecule has 1 aliphatic carbocycles. The molecule has 33 heavy (non-hydrogen) atoms. The van der Waals surface area contributed by atoms with E-state index in [1.54, 1.807) is 4.90 Å². The molecular weight excluding hydrogens is 476 g/mol. The van der Waals surface area contributed by atoms with Crippen molar-refractivity contribution < 1.29 is 9.59 Å². The summed E-state index contributed by atoms with van der Waals surface area (Å²) in [5, 5.41) is 3.16. The first-order valence-corrected chi connectivity index (χ1v) is 12.9. The molecule has 0 heterocycles. The normalized spacial score (nSPS) is 15.3. The van der Waals surface area contributed by atoms with Crippen LogP contribution in [-0.4, -0.2) is 28.8 Å². The van der Waals surface area contributed by atoms with Crippen LogP contribution in [0.25, 0.3) is 0 Å². The average Bonchev–Trinajstić information content (AvgIpc) is 3.29. The number of aryl methyl sites for hydroxylation is 1. The lowest BCUT2D eigenvalue weighted by Crippen LogP contribution is -2.49. The van der Waals surface area contributed by atoms with Crippen LogP contribution in [0.2, 0.25) is 0 Å². The number of hydrogen-bond acceptors (Lipinski definition) is 2. The van der Waals surface area contributed by atoms with Gasteiger partial charge in [-0.25, -0.2) is 0 Å². The second kappa shape index (κ2) is 11.3. The number of amides is 2. The van der Waals surface area contributed by atoms with E-state index in [2.05, 4.69) is 66.3 Å². The van der Waals surface area contributed by atoms with Gasteiger partial charge in [-0.2, -0.15) is 0 Å². The minimum atomic E-state index is -0.509. The van der Waals surface area contributed by atoms with Gasteiger partial charge >= 0.3 is 0 Å². The second-order valence-electron chi connectivity index (χ2n) is 10.3. The summed E-state index contributed by atoms with van der Waals surface area (Å²) in [6.45, 7) is 8.87. The minimum absolute atomic E-state index is 0.00638. The molecule has 0 aromatic heterocycles. The largest absolute Gasteiger partial charge is 0.352 e. The summed E-state index contributed by atoms with van der Waals surface area (Å²) in [6.07, 6.45) is 5.43. The summed E-state index contributed by atoms with van der Waals surface area (Å²) in [4.78, 5) is 28.0. The van der Waals surface area contributed by atoms with Crippen molar-refractivity contribution in [2.75, 3.05) is 0 Å². The Morgan fingerprint density at radius 1 is 1.00 bits per heavy atom. The first-order valence-electron chi connectivity index (χ1n) is 12.1. The SMILES string of the molecule is CC(C(=O)NC1CCCC1)N(Cc1ccc(Br)cc1)C(=O)CCc1ccc(C(C)(C)C)cc1. The molecule has 3 rings (SSSR count). The van der Waals surface area contributed by atoms with Crippen molar-refractivity contribution in [1.82, 2.24) is 10.2 Å². The quantitative estimate of drug-likeness (QED) is 0.460. The van der Waals surface area contributed by atoms with E-state index in [-0.39, 0.29) is 23.3 Å². The topological polar surface area (TPSA) is 49.4 Å². The Morgan fingerprint density at radius 2 is 1.58 bits per heavy atom. The maximum absolute atomic E-state index is 13.3. The van der Waals surface area contributed by atoms with Crippen LogP contribution in [0.5, 0.6) is 0 Å². The number of benzene rings is 2. The Hall–Kier alpha value is -2.14. The van der Waals surface area contributed by atoms with Crippen molar-refractivity contribution in [2.45, 2.75) is 90.3 Å². The van der Waals surface area contributed by atoms with Crippen LogP contribution in [0.15, 0.2) is 53.0 Å². The zero-order valence-electron chi connectivity index (χ0n) is 20.4. The van der Waals surface area contributed by atoms with E-state index < -0.39 is 6.04 Å². The molecule has 1 unspecified atom stereocenters. The van der Waals surface area contributed by atoms with Gasteiger partial charge in [-0.05, 0) is 60.4 Å². The average molecular weight is 514 g/mol. The standard InChI is InChI=1S/C28H37BrN2O2/c1-20(27(33)30-25-7-5-6-8-25)31(19-22-11-16-24(29)17-12-22)26(32)18-13-21-9-14-23(15-10-21)28(2,3)4/h9-12,14-17,20,25H,5-8,13,18-19H2,1-4H3,(H,30,33). The molecule has 0 bridgehead atoms. The molecule has 2 aromatic carbocycles. The fourth-order valence-electron chi connectivity index (χ4n) is 4.33. The van der Waals surface area contributed by atoms with Crippen LogP contribution in [0.4, 0.5) is 0 Å². The summed E-state index contributed by atoms with van der Waals surface area (Å²) < 4.78 is 0.995. The van der Waals surface area contributed by atoms with Crippen LogP contribution in [0.1, 0.15) is 76.5 Å². The van der Waals surface area contributed by atoms with Gasteiger partial charge in [0.25, 0.3) is 0 Å². The maximum atomic E-state index is 13.3. The molecule has 0 aliphatic heterocycles. The van der Waals surface area contributed by atoms with Gasteiger partial charge < -0.3 is 10.2 Å². The molecule has 0 spiro atoms. The highest BCUT2D eigenvalue weighted by atomic mass is 79.9. The first-order chi connectivity index (χ1) is 15.6. The molecule has 2 amide bonds. The van der Waals surface area contributed by atoms with E-state index in [1.165, 1.54) is 5.56 Å². The van der Waals surface area contributed by atoms with E-state index >= 15 is 0 Å². The minimum Gasteiger partial charge on any atom is -0.352 e. The van der Waals surface area contributed by atoms with Crippen molar-refractivity contribution in [3.05, 3.63) is 69.7 Å². The summed E-state index contributed by atoms with van der Waals surface area (Å²) in [5.41, 5.74) is 3.55. The highest BCUT2D eigenvalue weighted by Gasteiger charge is 2.28. The Balaban J connectivity index is 1.69. The van der Waals surface area contributed by atoms with Crippen LogP contribution < -0.4 is 5.32 Å². The van der Waals surface area contributed by atoms with Crippen molar-refractivity contribution in [3.63, 3.8) is 0 Å². The van der Waals surface area contributed by atoms with Crippen LogP contribution >= 0.6 is 15.9 Å². The van der Waals surface area contributed by atoms with Crippen molar-refractivity contribution in [2.24, 2.45) is 0 Å². The van der Waals surface area contributed by atoms with Crippen molar-refractivity contribution in [1.29, 1.82) is 0 Å². The smallest absolute Gasteiger partial charge is 0.242 e. The fourth-order valence-corrected chi connectivity index (χ4v) is 4.59. The Morgan fingerprint density at radius 3 is 2.15 bits per heavy atom. The van der Waals surface area contributed by atoms with Crippen molar-refractivity contribution in [3.8, 4) is 0 Å². The van der Waals surface area contributed by atoms with Crippen LogP contribution in [-0.2, 0) is 28.0 Å². The van der Waals surface area contributed by atoms with E-state index in [9.17, 15) is 9.59 Å². The molecule has 0 radical (unpaired) electrons. The highest BCUT2D eigenvalue weighted by Crippen LogP contribution is 2.23. The molecule has 1 saturated carbocycles. The number of carbonyl (C=O) groups is 2. The van der Waals surface area contributed by atoms with Gasteiger partial charge in [0.05, 0.1) is 0 Å². The van der Waals surface area contributed by atoms with E-state index in [1.807, 2.05) is 31.2 Å². The lowest BCUT2D eigenvalue weighted by Gasteiger charge is -2.30. The number of halogens is 1. The van der Waals surface area contributed by atoms with Gasteiger partial charge in [-0.15, -0.1) is 0 Å². The lowest BCUT2D eigenvalue weighted by atomic mass is 9.86. The van der Waals surface area contributed by atoms with Gasteiger partial charge in [-0.1, -0.05) is 85.9 Å². The third-order valence-corrected chi connectivity index (χ3v) is 7.11. The van der Waals surface area contributed by atoms with E-state index in [4.69, 9.17) is 0 Å². The van der Waals surface area contributed by atoms with E-state index in [0.29, 0.717) is 19.4 Å². The number of nitrogens with zero attached hydrogens (tertiary/aromatic N) is 1. The van der Waals surface area contributed by atoms with E-state index in [0.717, 1.165) is 41.3 Å². The maximum Gasteiger partial charge on any atom is 0.242 e. The molecule has 1 atom stereocenters. The summed E-state index contributed by atoms with van der Waals surface area (Å²) in [7, 11) is 0. The van der Waals surface area contributed by atoms with Gasteiger partial charge in [-0.3, -0.25) is 9.59 Å². The Bertz CT molecular complexity index is 926. The number of hydrogen-bond donors (Lipinski definition) is 1. The Labute approximate surface area is 207 Å². The van der Waals surface area contributed by atoms with Gasteiger partial charge in [0.2, 0.25) is 11.8 Å². The summed E-state index contributed by atoms with van der Waals surface area (Å²) in [6, 6.07) is 16.2. The van der Waals surface area contributed by atoms with Crippen LogP contribution in [0, 0.1) is 0 Å². The third kappa shape index (κ3) is 7.43. The van der Waals surface area contributed by atoms with Crippen molar-refractivity contribution >= 4 is 27.7 Å². The molecule has 2 aromatic rings. The second-order valence-corrected chi connectivity index (χ2v) is 11.2. The van der Waals surface area contributed by atoms with Gasteiger partial charge in [0.15, 0.2) is 0 Å². The Kier molecular flexibility index (Phi) is 8.75. The molecule has 1 N–H and O–H groups in total. The molecule has 4 nitrogen and oxygen atoms in total. The molecule has 178 valence electrons. The molecule has 5 heteroatoms. The van der Waals surface area contributed by atoms with Gasteiger partial charge in [0, 0.05) is 23.5 Å². The predicted octanol–water partition coefficient (Wildman–Crippen LogP) is 6.16. The third-order valence-electron chi connectivity index (χ3n) is 6.58. The predicted molar refractivity (Wildman–Crippen MR) is 138 cm³/mol. The number of rotatable bonds is 8. The summed E-state index contributed by atoms with van der Waals surface area (Å²) in [5.74, 6) is -0.0474. The lowest BCUT2D eigenvalue weighted by molar-refractivity contribution is -0.140. The summed E-state index contributed by atoms with van der Waals surface area (Å²) >= 11 is 3.46. The first kappa shape index (κ1) is 25.5. The zero-order valence-corrected chi connectivity index (χ0v) is 22.0. The number of nitrogens with one attached hydrogen (secondary N) is 1. The monoisotopic (exact) mass is 512 g/mol. The molecular formula is C28H37BrN2O2. The molecule has 1 aliphatic rings. The zero-order chi connectivity index (χ0) is 24.0. The van der Waals surface area contributed by atoms with Gasteiger partial charge in [0.1, 0.15) is 6.04 Å². The highest BCUT2D eigenvalue weighted by molar-refractivity contribution is 9.10. The molecule has 1 fully saturated rings. The molecule has 0 saturated heterocycles. The fraction of sp³-hybridized carbons (Fsp3) is 0.500. The number of carbonyl (C=O) groups excluding carboxylic acids is 2.